The smallest absolute Gasteiger partial charge is 0.306 e. The molecule has 0 radical (unpaired) electrons. The Kier molecular flexibility index (Phi) is 6.52. The van der Waals surface area contributed by atoms with E-state index in [1.165, 1.54) is 6.08 Å². The van der Waals surface area contributed by atoms with Crippen molar-refractivity contribution in [1.29, 1.82) is 5.26 Å². The van der Waals surface area contributed by atoms with Gasteiger partial charge in [0.1, 0.15) is 17.4 Å². The third-order valence-corrected chi connectivity index (χ3v) is 3.51. The molecule has 0 unspecified atom stereocenters. The molecule has 6 heteroatoms. The van der Waals surface area contributed by atoms with Crippen molar-refractivity contribution in [2.24, 2.45) is 0 Å². The van der Waals surface area contributed by atoms with Crippen molar-refractivity contribution < 1.29 is 19.4 Å². The lowest BCUT2D eigenvalue weighted by Crippen LogP contribution is -2.14. The summed E-state index contributed by atoms with van der Waals surface area (Å²) in [6.07, 6.45) is 1.35. The van der Waals surface area contributed by atoms with Crippen LogP contribution in [0.25, 0.3) is 6.08 Å². The van der Waals surface area contributed by atoms with E-state index in [0.29, 0.717) is 17.0 Å². The molecular weight excluding hydrogens is 332 g/mol. The van der Waals surface area contributed by atoms with Gasteiger partial charge in [0, 0.05) is 5.69 Å². The van der Waals surface area contributed by atoms with Crippen molar-refractivity contribution in [3.05, 3.63) is 65.2 Å². The Balaban J connectivity index is 2.12. The Morgan fingerprint density at radius 2 is 2.00 bits per heavy atom. The van der Waals surface area contributed by atoms with E-state index < -0.39 is 11.9 Å². The zero-order valence-electron chi connectivity index (χ0n) is 14.2. The van der Waals surface area contributed by atoms with Crippen LogP contribution in [0.3, 0.4) is 0 Å². The van der Waals surface area contributed by atoms with Crippen LogP contribution in [0.5, 0.6) is 5.75 Å². The van der Waals surface area contributed by atoms with Crippen molar-refractivity contribution in [1.82, 2.24) is 0 Å². The van der Waals surface area contributed by atoms with E-state index in [1.807, 2.05) is 25.1 Å². The van der Waals surface area contributed by atoms with Crippen LogP contribution in [-0.4, -0.2) is 23.6 Å². The molecule has 132 valence electrons. The molecule has 0 aliphatic heterocycles. The van der Waals surface area contributed by atoms with Crippen LogP contribution in [0.15, 0.2) is 54.1 Å². The maximum Gasteiger partial charge on any atom is 0.306 e. The van der Waals surface area contributed by atoms with Gasteiger partial charge >= 0.3 is 5.97 Å². The SMILES string of the molecule is Cc1ccccc1NC(=O)C(C#N)=Cc1cccc(OCCC(=O)O)c1. The Morgan fingerprint density at radius 1 is 1.23 bits per heavy atom. The number of amides is 1. The Labute approximate surface area is 151 Å². The fourth-order valence-corrected chi connectivity index (χ4v) is 2.17. The number of benzene rings is 2. The number of aliphatic carboxylic acids is 1. The van der Waals surface area contributed by atoms with E-state index in [-0.39, 0.29) is 18.6 Å². The second-order valence-electron chi connectivity index (χ2n) is 5.50. The number of carbonyl (C=O) groups excluding carboxylic acids is 1. The number of carboxylic acids is 1. The molecule has 0 fully saturated rings. The molecule has 2 N–H and O–H groups in total. The summed E-state index contributed by atoms with van der Waals surface area (Å²) in [5.74, 6) is -0.976. The Hall–Kier alpha value is -3.59. The summed E-state index contributed by atoms with van der Waals surface area (Å²) < 4.78 is 5.35. The summed E-state index contributed by atoms with van der Waals surface area (Å²) in [5, 5.41) is 20.6. The monoisotopic (exact) mass is 350 g/mol. The van der Waals surface area contributed by atoms with E-state index in [1.54, 1.807) is 36.4 Å². The lowest BCUT2D eigenvalue weighted by atomic mass is 10.1. The number of hydrogen-bond acceptors (Lipinski definition) is 4. The van der Waals surface area contributed by atoms with Crippen LogP contribution in [0.4, 0.5) is 5.69 Å². The first-order chi connectivity index (χ1) is 12.5. The van der Waals surface area contributed by atoms with Crippen LogP contribution >= 0.6 is 0 Å². The predicted octanol–water partition coefficient (Wildman–Crippen LogP) is 3.39. The number of carbonyl (C=O) groups is 2. The second kappa shape index (κ2) is 9.04. The fraction of sp³-hybridized carbons (Fsp3) is 0.150. The van der Waals surface area contributed by atoms with E-state index >= 15 is 0 Å². The molecule has 0 bridgehead atoms. The molecule has 2 aromatic carbocycles. The topological polar surface area (TPSA) is 99.4 Å². The van der Waals surface area contributed by atoms with Crippen LogP contribution in [-0.2, 0) is 9.59 Å². The second-order valence-corrected chi connectivity index (χ2v) is 5.50. The normalized spacial score (nSPS) is 10.7. The van der Waals surface area contributed by atoms with Gasteiger partial charge in [-0.3, -0.25) is 9.59 Å². The summed E-state index contributed by atoms with van der Waals surface area (Å²) >= 11 is 0. The molecule has 2 aromatic rings. The first kappa shape index (κ1) is 18.7. The average Bonchev–Trinajstić information content (AvgIpc) is 2.61. The van der Waals surface area contributed by atoms with E-state index in [0.717, 1.165) is 5.56 Å². The van der Waals surface area contributed by atoms with Gasteiger partial charge in [-0.1, -0.05) is 30.3 Å². The predicted molar refractivity (Wildman–Crippen MR) is 97.6 cm³/mol. The Morgan fingerprint density at radius 3 is 2.69 bits per heavy atom. The van der Waals surface area contributed by atoms with Crippen LogP contribution in [0, 0.1) is 18.3 Å². The van der Waals surface area contributed by atoms with Crippen molar-refractivity contribution in [3.8, 4) is 11.8 Å². The van der Waals surface area contributed by atoms with Crippen molar-refractivity contribution >= 4 is 23.6 Å². The number of carboxylic acid groups (broad SMARTS) is 1. The number of rotatable bonds is 7. The molecule has 0 aliphatic carbocycles. The highest BCUT2D eigenvalue weighted by Crippen LogP contribution is 2.18. The zero-order chi connectivity index (χ0) is 18.9. The molecule has 0 atom stereocenters. The number of para-hydroxylation sites is 1. The maximum absolute atomic E-state index is 12.3. The number of anilines is 1. The molecule has 0 heterocycles. The molecule has 0 saturated carbocycles. The standard InChI is InChI=1S/C20H18N2O4/c1-14-5-2-3-8-18(14)22-20(25)16(13-21)11-15-6-4-7-17(12-15)26-10-9-19(23)24/h2-8,11-12H,9-10H2,1H3,(H,22,25)(H,23,24). The minimum atomic E-state index is -0.944. The van der Waals surface area contributed by atoms with Crippen LogP contribution < -0.4 is 10.1 Å². The summed E-state index contributed by atoms with van der Waals surface area (Å²) in [7, 11) is 0. The molecule has 1 amide bonds. The van der Waals surface area contributed by atoms with Gasteiger partial charge in [-0.05, 0) is 42.3 Å². The van der Waals surface area contributed by atoms with Gasteiger partial charge in [-0.2, -0.15) is 5.26 Å². The lowest BCUT2D eigenvalue weighted by molar-refractivity contribution is -0.137. The average molecular weight is 350 g/mol. The molecule has 0 aliphatic rings. The largest absolute Gasteiger partial charge is 0.493 e. The molecular formula is C20H18N2O4. The summed E-state index contributed by atoms with van der Waals surface area (Å²) in [6, 6.07) is 15.9. The third kappa shape index (κ3) is 5.49. The van der Waals surface area contributed by atoms with Gasteiger partial charge in [0.05, 0.1) is 13.0 Å². The number of nitrogens with one attached hydrogen (secondary N) is 1. The van der Waals surface area contributed by atoms with Crippen molar-refractivity contribution in [2.45, 2.75) is 13.3 Å². The minimum Gasteiger partial charge on any atom is -0.493 e. The third-order valence-electron chi connectivity index (χ3n) is 3.51. The molecule has 0 aromatic heterocycles. The molecule has 26 heavy (non-hydrogen) atoms. The first-order valence-electron chi connectivity index (χ1n) is 7.93. The highest BCUT2D eigenvalue weighted by molar-refractivity contribution is 6.09. The van der Waals surface area contributed by atoms with Crippen LogP contribution in [0.2, 0.25) is 0 Å². The quantitative estimate of drug-likeness (QED) is 0.589. The van der Waals surface area contributed by atoms with E-state index in [9.17, 15) is 14.9 Å². The molecule has 2 rings (SSSR count). The van der Waals surface area contributed by atoms with E-state index in [4.69, 9.17) is 9.84 Å². The van der Waals surface area contributed by atoms with Gasteiger partial charge < -0.3 is 15.2 Å². The van der Waals surface area contributed by atoms with E-state index in [2.05, 4.69) is 5.32 Å². The maximum atomic E-state index is 12.3. The number of ether oxygens (including phenoxy) is 1. The number of aryl methyl sites for hydroxylation is 1. The summed E-state index contributed by atoms with van der Waals surface area (Å²) in [6.45, 7) is 1.91. The highest BCUT2D eigenvalue weighted by Gasteiger charge is 2.11. The number of hydrogen-bond donors (Lipinski definition) is 2. The Bertz CT molecular complexity index is 881. The number of nitrogens with zero attached hydrogens (tertiary/aromatic N) is 1. The molecule has 6 nitrogen and oxygen atoms in total. The number of nitriles is 1. The van der Waals surface area contributed by atoms with Gasteiger partial charge in [0.2, 0.25) is 0 Å². The van der Waals surface area contributed by atoms with Crippen LogP contribution in [0.1, 0.15) is 17.5 Å². The lowest BCUT2D eigenvalue weighted by Gasteiger charge is -2.08. The molecule has 0 spiro atoms. The zero-order valence-corrected chi connectivity index (χ0v) is 14.2. The summed E-state index contributed by atoms with van der Waals surface area (Å²) in [4.78, 5) is 22.9. The highest BCUT2D eigenvalue weighted by atomic mass is 16.5. The van der Waals surface area contributed by atoms with Crippen molar-refractivity contribution in [2.75, 3.05) is 11.9 Å². The minimum absolute atomic E-state index is 0.0430. The fourth-order valence-electron chi connectivity index (χ4n) is 2.17. The first-order valence-corrected chi connectivity index (χ1v) is 7.93. The van der Waals surface area contributed by atoms with Crippen molar-refractivity contribution in [3.63, 3.8) is 0 Å². The van der Waals surface area contributed by atoms with Gasteiger partial charge in [0.25, 0.3) is 5.91 Å². The van der Waals surface area contributed by atoms with Gasteiger partial charge in [-0.15, -0.1) is 0 Å². The van der Waals surface area contributed by atoms with Gasteiger partial charge in [-0.25, -0.2) is 0 Å². The molecule has 0 saturated heterocycles. The van der Waals surface area contributed by atoms with Gasteiger partial charge in [0.15, 0.2) is 0 Å². The summed E-state index contributed by atoms with van der Waals surface area (Å²) in [5.41, 5.74) is 2.10.